The lowest BCUT2D eigenvalue weighted by Crippen LogP contribution is -2.43. The molecule has 0 unspecified atom stereocenters. The number of ether oxygens (including phenoxy) is 3. The van der Waals surface area contributed by atoms with Crippen LogP contribution in [0.1, 0.15) is 52.7 Å². The van der Waals surface area contributed by atoms with Crippen LogP contribution < -0.4 is 4.74 Å². The zero-order valence-electron chi connectivity index (χ0n) is 22.5. The summed E-state index contributed by atoms with van der Waals surface area (Å²) in [5.74, 6) is -0.384. The first kappa shape index (κ1) is 29.4. The minimum Gasteiger partial charge on any atom is -0.443 e. The number of fused-ring (bicyclic) bond motifs is 1. The van der Waals surface area contributed by atoms with Crippen molar-refractivity contribution in [2.24, 2.45) is 0 Å². The molecule has 1 heterocycles. The zero-order valence-corrected chi connectivity index (χ0v) is 22.5. The molecule has 0 radical (unpaired) electrons. The number of benzene rings is 2. The van der Waals surface area contributed by atoms with Crippen LogP contribution in [-0.4, -0.2) is 44.6 Å². The molecule has 0 spiro atoms. The van der Waals surface area contributed by atoms with Gasteiger partial charge in [-0.2, -0.15) is 0 Å². The van der Waals surface area contributed by atoms with Crippen LogP contribution in [0, 0.1) is 0 Å². The SMILES string of the molecule is C=Cc1c(CN(C(=O)OC(C)(C)C)C(=O)OC(C)(C)C)cc(-c2ccc(OC(F)(F)F)cc2)c2nccnc12. The smallest absolute Gasteiger partial charge is 0.443 e. The molecular weight excluding hydrogens is 515 g/mol. The maximum atomic E-state index is 13.1. The van der Waals surface area contributed by atoms with Crippen molar-refractivity contribution in [1.29, 1.82) is 0 Å². The van der Waals surface area contributed by atoms with Gasteiger partial charge in [-0.05, 0) is 70.9 Å². The number of nitrogens with zero attached hydrogens (tertiary/aromatic N) is 3. The van der Waals surface area contributed by atoms with Crippen molar-refractivity contribution in [3.63, 3.8) is 0 Å². The average molecular weight is 546 g/mol. The van der Waals surface area contributed by atoms with Crippen LogP contribution in [-0.2, 0) is 16.0 Å². The molecular formula is C28H30F3N3O5. The van der Waals surface area contributed by atoms with Crippen molar-refractivity contribution in [3.05, 3.63) is 60.4 Å². The summed E-state index contributed by atoms with van der Waals surface area (Å²) in [5.41, 5.74) is 1.07. The molecule has 0 atom stereocenters. The molecule has 0 bridgehead atoms. The van der Waals surface area contributed by atoms with Gasteiger partial charge in [0.05, 0.1) is 17.6 Å². The topological polar surface area (TPSA) is 90.9 Å². The molecule has 0 aliphatic heterocycles. The molecule has 208 valence electrons. The van der Waals surface area contributed by atoms with E-state index in [0.717, 1.165) is 4.90 Å². The Bertz CT molecular complexity index is 1350. The van der Waals surface area contributed by atoms with Crippen LogP contribution >= 0.6 is 0 Å². The summed E-state index contributed by atoms with van der Waals surface area (Å²) >= 11 is 0. The number of amides is 2. The fraction of sp³-hybridized carbons (Fsp3) is 0.357. The van der Waals surface area contributed by atoms with Gasteiger partial charge in [-0.15, -0.1) is 13.2 Å². The lowest BCUT2D eigenvalue weighted by atomic mass is 9.96. The van der Waals surface area contributed by atoms with E-state index in [0.29, 0.717) is 33.3 Å². The predicted molar refractivity (Wildman–Crippen MR) is 140 cm³/mol. The summed E-state index contributed by atoms with van der Waals surface area (Å²) in [6.45, 7) is 13.6. The molecule has 39 heavy (non-hydrogen) atoms. The summed E-state index contributed by atoms with van der Waals surface area (Å²) in [5, 5.41) is 0. The van der Waals surface area contributed by atoms with Crippen molar-refractivity contribution in [2.75, 3.05) is 0 Å². The predicted octanol–water partition coefficient (Wildman–Crippen LogP) is 7.51. The number of rotatable bonds is 5. The molecule has 0 aliphatic rings. The molecule has 8 nitrogen and oxygen atoms in total. The normalized spacial score (nSPS) is 12.1. The second-order valence-electron chi connectivity index (χ2n) is 10.6. The average Bonchev–Trinajstić information content (AvgIpc) is 2.79. The molecule has 2 amide bonds. The molecule has 0 fully saturated rings. The van der Waals surface area contributed by atoms with Crippen LogP contribution in [0.2, 0.25) is 0 Å². The summed E-state index contributed by atoms with van der Waals surface area (Å²) in [7, 11) is 0. The Kier molecular flexibility index (Phi) is 8.23. The third kappa shape index (κ3) is 7.92. The Labute approximate surface area is 224 Å². The first-order valence-electron chi connectivity index (χ1n) is 12.0. The van der Waals surface area contributed by atoms with Crippen LogP contribution in [0.4, 0.5) is 22.8 Å². The van der Waals surface area contributed by atoms with Crippen LogP contribution in [0.25, 0.3) is 28.2 Å². The number of hydrogen-bond acceptors (Lipinski definition) is 7. The first-order chi connectivity index (χ1) is 18.0. The van der Waals surface area contributed by atoms with Gasteiger partial charge in [0.1, 0.15) is 17.0 Å². The monoisotopic (exact) mass is 545 g/mol. The molecule has 3 aromatic rings. The van der Waals surface area contributed by atoms with Crippen molar-refractivity contribution in [3.8, 4) is 16.9 Å². The summed E-state index contributed by atoms with van der Waals surface area (Å²) in [4.78, 5) is 35.9. The lowest BCUT2D eigenvalue weighted by Gasteiger charge is -2.29. The number of hydrogen-bond donors (Lipinski definition) is 0. The van der Waals surface area contributed by atoms with Crippen molar-refractivity contribution < 1.29 is 37.0 Å². The van der Waals surface area contributed by atoms with Crippen molar-refractivity contribution in [2.45, 2.75) is 65.7 Å². The summed E-state index contributed by atoms with van der Waals surface area (Å²) in [6.07, 6.45) is -2.18. The van der Waals surface area contributed by atoms with Crippen LogP contribution in [0.5, 0.6) is 5.75 Å². The Hall–Kier alpha value is -4.15. The number of aromatic nitrogens is 2. The maximum absolute atomic E-state index is 13.1. The van der Waals surface area contributed by atoms with E-state index in [9.17, 15) is 22.8 Å². The second-order valence-corrected chi connectivity index (χ2v) is 10.6. The van der Waals surface area contributed by atoms with E-state index in [1.54, 1.807) is 47.6 Å². The zero-order chi connectivity index (χ0) is 29.2. The molecule has 2 aromatic carbocycles. The fourth-order valence-corrected chi connectivity index (χ4v) is 3.63. The van der Waals surface area contributed by atoms with Gasteiger partial charge in [0.25, 0.3) is 0 Å². The first-order valence-corrected chi connectivity index (χ1v) is 12.0. The highest BCUT2D eigenvalue weighted by molar-refractivity contribution is 5.97. The van der Waals surface area contributed by atoms with E-state index in [4.69, 9.17) is 9.47 Å². The largest absolute Gasteiger partial charge is 0.573 e. The van der Waals surface area contributed by atoms with Crippen molar-refractivity contribution in [1.82, 2.24) is 14.9 Å². The Morgan fingerprint density at radius 3 is 1.87 bits per heavy atom. The molecule has 0 saturated heterocycles. The lowest BCUT2D eigenvalue weighted by molar-refractivity contribution is -0.274. The number of imide groups is 1. The van der Waals surface area contributed by atoms with Gasteiger partial charge in [-0.25, -0.2) is 14.5 Å². The minimum absolute atomic E-state index is 0.264. The highest BCUT2D eigenvalue weighted by Crippen LogP contribution is 2.34. The molecule has 0 saturated carbocycles. The van der Waals surface area contributed by atoms with Gasteiger partial charge >= 0.3 is 18.5 Å². The maximum Gasteiger partial charge on any atom is 0.573 e. The minimum atomic E-state index is -4.83. The summed E-state index contributed by atoms with van der Waals surface area (Å²) < 4.78 is 52.8. The van der Waals surface area contributed by atoms with Gasteiger partial charge in [-0.1, -0.05) is 24.8 Å². The molecule has 3 rings (SSSR count). The Balaban J connectivity index is 2.15. The van der Waals surface area contributed by atoms with Crippen LogP contribution in [0.15, 0.2) is 49.3 Å². The molecule has 1 aromatic heterocycles. The van der Waals surface area contributed by atoms with E-state index < -0.39 is 29.8 Å². The Morgan fingerprint density at radius 2 is 1.41 bits per heavy atom. The number of halogens is 3. The van der Waals surface area contributed by atoms with Gasteiger partial charge in [0, 0.05) is 23.5 Å². The number of carbonyl (C=O) groups excluding carboxylic acids is 2. The van der Waals surface area contributed by atoms with E-state index in [1.165, 1.54) is 42.7 Å². The van der Waals surface area contributed by atoms with Gasteiger partial charge in [0.2, 0.25) is 0 Å². The third-order valence-corrected chi connectivity index (χ3v) is 5.03. The highest BCUT2D eigenvalue weighted by Gasteiger charge is 2.33. The van der Waals surface area contributed by atoms with E-state index >= 15 is 0 Å². The van der Waals surface area contributed by atoms with Gasteiger partial charge in [-0.3, -0.25) is 9.97 Å². The molecule has 0 N–H and O–H groups in total. The fourth-order valence-electron chi connectivity index (χ4n) is 3.63. The summed E-state index contributed by atoms with van der Waals surface area (Å²) in [6, 6.07) is 6.93. The van der Waals surface area contributed by atoms with Gasteiger partial charge in [0.15, 0.2) is 0 Å². The van der Waals surface area contributed by atoms with E-state index in [2.05, 4.69) is 21.3 Å². The number of alkyl halides is 3. The number of carbonyl (C=O) groups is 2. The van der Waals surface area contributed by atoms with Gasteiger partial charge < -0.3 is 14.2 Å². The molecule has 0 aliphatic carbocycles. The second kappa shape index (κ2) is 10.9. The highest BCUT2D eigenvalue weighted by atomic mass is 19.4. The van der Waals surface area contributed by atoms with Crippen molar-refractivity contribution >= 4 is 29.3 Å². The Morgan fingerprint density at radius 1 is 0.897 bits per heavy atom. The quantitative estimate of drug-likeness (QED) is 0.328. The molecule has 11 heteroatoms. The third-order valence-electron chi connectivity index (χ3n) is 5.03. The van der Waals surface area contributed by atoms with E-state index in [1.807, 2.05) is 0 Å². The van der Waals surface area contributed by atoms with E-state index in [-0.39, 0.29) is 12.3 Å². The van der Waals surface area contributed by atoms with Crippen LogP contribution in [0.3, 0.4) is 0 Å². The standard InChI is InChI=1S/C28H30F3N3O5/c1-8-20-18(16-34(24(35)38-26(2,3)4)25(36)39-27(5,6)7)15-21(23-22(20)32-13-14-33-23)17-9-11-19(12-10-17)37-28(29,30)31/h8-15H,1,16H2,2-7H3.